The fourth-order valence-corrected chi connectivity index (χ4v) is 4.09. The maximum atomic E-state index is 12.9. The lowest BCUT2D eigenvalue weighted by molar-refractivity contribution is -0.131. The van der Waals surface area contributed by atoms with Gasteiger partial charge in [-0.2, -0.15) is 0 Å². The zero-order valence-corrected chi connectivity index (χ0v) is 20.5. The van der Waals surface area contributed by atoms with Crippen LogP contribution in [0.5, 0.6) is 5.75 Å². The third-order valence-corrected chi connectivity index (χ3v) is 5.87. The lowest BCUT2D eigenvalue weighted by Crippen LogP contribution is -2.27. The van der Waals surface area contributed by atoms with Gasteiger partial charge in [-0.1, -0.05) is 97.1 Å². The van der Waals surface area contributed by atoms with Crippen LogP contribution in [0.15, 0.2) is 109 Å². The van der Waals surface area contributed by atoms with Crippen molar-refractivity contribution in [3.63, 3.8) is 0 Å². The topological polar surface area (TPSA) is 75.6 Å². The molecule has 0 heterocycles. The van der Waals surface area contributed by atoms with Gasteiger partial charge in [0.25, 0.3) is 0 Å². The number of carboxylic acid groups (broad SMARTS) is 1. The number of carbonyl (C=O) groups is 2. The summed E-state index contributed by atoms with van der Waals surface area (Å²) in [4.78, 5) is 23.6. The molecule has 0 saturated carbocycles. The van der Waals surface area contributed by atoms with E-state index in [0.717, 1.165) is 45.7 Å². The highest BCUT2D eigenvalue weighted by atomic mass is 16.5. The highest BCUT2D eigenvalue weighted by molar-refractivity contribution is 5.95. The number of hydrogen-bond donors (Lipinski definition) is 2. The monoisotopic (exact) mass is 491 g/mol. The molecule has 0 saturated heterocycles. The van der Waals surface area contributed by atoms with Gasteiger partial charge in [-0.3, -0.25) is 4.79 Å². The van der Waals surface area contributed by atoms with E-state index < -0.39 is 5.97 Å². The van der Waals surface area contributed by atoms with E-state index >= 15 is 0 Å². The summed E-state index contributed by atoms with van der Waals surface area (Å²) in [7, 11) is 0. The van der Waals surface area contributed by atoms with Gasteiger partial charge in [0.05, 0.1) is 6.42 Å². The fraction of sp³-hybridized carbons (Fsp3) is 0.125. The van der Waals surface area contributed by atoms with Crippen molar-refractivity contribution in [2.75, 3.05) is 6.54 Å². The number of amides is 1. The molecule has 0 bridgehead atoms. The molecule has 4 rings (SSSR count). The zero-order valence-electron chi connectivity index (χ0n) is 20.5. The van der Waals surface area contributed by atoms with Crippen LogP contribution in [0, 0.1) is 0 Å². The SMILES string of the molecule is O=C(O)/C=C/C=C/c1cc(CC(=O)NCCc2ccccc2)c2cccc(OCc3ccccc3)c2c1. The second-order valence-electron chi connectivity index (χ2n) is 8.62. The van der Waals surface area contributed by atoms with E-state index in [9.17, 15) is 9.59 Å². The van der Waals surface area contributed by atoms with E-state index in [0.29, 0.717) is 13.2 Å². The van der Waals surface area contributed by atoms with Crippen LogP contribution < -0.4 is 10.1 Å². The van der Waals surface area contributed by atoms with Crippen molar-refractivity contribution in [3.8, 4) is 5.75 Å². The number of rotatable bonds is 11. The minimum absolute atomic E-state index is 0.0558. The molecule has 186 valence electrons. The van der Waals surface area contributed by atoms with Crippen LogP contribution in [0.4, 0.5) is 0 Å². The number of benzene rings is 4. The first-order chi connectivity index (χ1) is 18.1. The normalized spacial score (nSPS) is 11.2. The van der Waals surface area contributed by atoms with Crippen molar-refractivity contribution < 1.29 is 19.4 Å². The van der Waals surface area contributed by atoms with Gasteiger partial charge in [0.1, 0.15) is 12.4 Å². The summed E-state index contributed by atoms with van der Waals surface area (Å²) in [6, 6.07) is 29.8. The third kappa shape index (κ3) is 7.67. The smallest absolute Gasteiger partial charge is 0.328 e. The minimum atomic E-state index is -1.01. The number of hydrogen-bond acceptors (Lipinski definition) is 3. The first-order valence-corrected chi connectivity index (χ1v) is 12.2. The Morgan fingerprint density at radius 2 is 1.54 bits per heavy atom. The van der Waals surface area contributed by atoms with Crippen LogP contribution in [0.25, 0.3) is 16.8 Å². The van der Waals surface area contributed by atoms with Gasteiger partial charge in [-0.15, -0.1) is 0 Å². The number of fused-ring (bicyclic) bond motifs is 1. The van der Waals surface area contributed by atoms with Crippen LogP contribution in [0.3, 0.4) is 0 Å². The quantitative estimate of drug-likeness (QED) is 0.200. The number of carbonyl (C=O) groups excluding carboxylic acids is 1. The maximum Gasteiger partial charge on any atom is 0.328 e. The average Bonchev–Trinajstić information content (AvgIpc) is 2.91. The van der Waals surface area contributed by atoms with Crippen molar-refractivity contribution in [1.82, 2.24) is 5.32 Å². The minimum Gasteiger partial charge on any atom is -0.488 e. The molecule has 0 aliphatic heterocycles. The predicted molar refractivity (Wildman–Crippen MR) is 147 cm³/mol. The number of allylic oxidation sites excluding steroid dienone is 2. The van der Waals surface area contributed by atoms with E-state index in [1.165, 1.54) is 11.6 Å². The highest BCUT2D eigenvalue weighted by Crippen LogP contribution is 2.31. The van der Waals surface area contributed by atoms with Gasteiger partial charge >= 0.3 is 5.97 Å². The second-order valence-corrected chi connectivity index (χ2v) is 8.62. The van der Waals surface area contributed by atoms with Crippen LogP contribution in [0.1, 0.15) is 22.3 Å². The fourth-order valence-electron chi connectivity index (χ4n) is 4.09. The van der Waals surface area contributed by atoms with E-state index in [1.54, 1.807) is 6.08 Å². The molecule has 4 aromatic rings. The van der Waals surface area contributed by atoms with Gasteiger partial charge in [0.2, 0.25) is 5.91 Å². The molecule has 0 spiro atoms. The molecule has 0 fully saturated rings. The standard InChI is InChI=1S/C32H29NO4/c34-31(33-19-18-24-10-3-1-4-11-24)22-27-20-26(14-7-8-17-32(35)36)21-29-28(27)15-9-16-30(29)37-23-25-12-5-2-6-13-25/h1-17,20-21H,18-19,22-23H2,(H,33,34)(H,35,36)/b14-7+,17-8+. The highest BCUT2D eigenvalue weighted by Gasteiger charge is 2.12. The van der Waals surface area contributed by atoms with Crippen LogP contribution in [0.2, 0.25) is 0 Å². The van der Waals surface area contributed by atoms with Crippen LogP contribution in [-0.4, -0.2) is 23.5 Å². The Labute approximate surface area is 216 Å². The largest absolute Gasteiger partial charge is 0.488 e. The van der Waals surface area contributed by atoms with Crippen molar-refractivity contribution in [2.24, 2.45) is 0 Å². The van der Waals surface area contributed by atoms with Crippen molar-refractivity contribution in [1.29, 1.82) is 0 Å². The summed E-state index contributed by atoms with van der Waals surface area (Å²) in [5.41, 5.74) is 3.97. The summed E-state index contributed by atoms with van der Waals surface area (Å²) in [5.74, 6) is -0.337. The van der Waals surface area contributed by atoms with Gasteiger partial charge in [0.15, 0.2) is 0 Å². The molecule has 0 aliphatic carbocycles. The molecule has 0 radical (unpaired) electrons. The van der Waals surface area contributed by atoms with Gasteiger partial charge in [-0.25, -0.2) is 4.79 Å². The molecule has 4 aromatic carbocycles. The van der Waals surface area contributed by atoms with Crippen molar-refractivity contribution >= 4 is 28.7 Å². The summed E-state index contributed by atoms with van der Waals surface area (Å²) >= 11 is 0. The molecular formula is C32H29NO4. The van der Waals surface area contributed by atoms with Crippen molar-refractivity contribution in [3.05, 3.63) is 131 Å². The lowest BCUT2D eigenvalue weighted by Gasteiger charge is -2.14. The van der Waals surface area contributed by atoms with E-state index in [1.807, 2.05) is 97.1 Å². The summed E-state index contributed by atoms with van der Waals surface area (Å²) < 4.78 is 6.17. The van der Waals surface area contributed by atoms with E-state index in [4.69, 9.17) is 9.84 Å². The molecule has 5 heteroatoms. The molecule has 5 nitrogen and oxygen atoms in total. The Hall–Kier alpha value is -4.64. The molecule has 1 amide bonds. The van der Waals surface area contributed by atoms with E-state index in [2.05, 4.69) is 5.32 Å². The Bertz CT molecular complexity index is 1410. The number of carboxylic acids is 1. The summed E-state index contributed by atoms with van der Waals surface area (Å²) in [6.45, 7) is 0.989. The maximum absolute atomic E-state index is 12.9. The third-order valence-electron chi connectivity index (χ3n) is 5.87. The first-order valence-electron chi connectivity index (χ1n) is 12.2. The molecular weight excluding hydrogens is 462 g/mol. The lowest BCUT2D eigenvalue weighted by atomic mass is 9.97. The number of aliphatic carboxylic acids is 1. The van der Waals surface area contributed by atoms with Crippen LogP contribution >= 0.6 is 0 Å². The molecule has 0 aliphatic rings. The molecule has 0 aromatic heterocycles. The Morgan fingerprint density at radius 3 is 2.27 bits per heavy atom. The Morgan fingerprint density at radius 1 is 0.811 bits per heavy atom. The van der Waals surface area contributed by atoms with Crippen LogP contribution in [-0.2, 0) is 29.0 Å². The molecule has 37 heavy (non-hydrogen) atoms. The Balaban J connectivity index is 1.57. The molecule has 0 atom stereocenters. The number of ether oxygens (including phenoxy) is 1. The Kier molecular flexibility index (Phi) is 8.87. The summed E-state index contributed by atoms with van der Waals surface area (Å²) in [5, 5.41) is 13.7. The first kappa shape index (κ1) is 25.5. The average molecular weight is 492 g/mol. The zero-order chi connectivity index (χ0) is 25.9. The van der Waals surface area contributed by atoms with Crippen molar-refractivity contribution in [2.45, 2.75) is 19.4 Å². The van der Waals surface area contributed by atoms with Gasteiger partial charge < -0.3 is 15.2 Å². The van der Waals surface area contributed by atoms with E-state index in [-0.39, 0.29) is 12.3 Å². The molecule has 0 unspecified atom stereocenters. The van der Waals surface area contributed by atoms with Gasteiger partial charge in [0, 0.05) is 18.0 Å². The number of nitrogens with one attached hydrogen (secondary N) is 1. The second kappa shape index (κ2) is 12.9. The predicted octanol–water partition coefficient (Wildman–Crippen LogP) is 5.97. The summed E-state index contributed by atoms with van der Waals surface area (Å²) in [6.07, 6.45) is 7.03. The van der Waals surface area contributed by atoms with Gasteiger partial charge in [-0.05, 0) is 46.2 Å². The molecule has 2 N–H and O–H groups in total.